The number of fused-ring (bicyclic) bond motifs is 1. The van der Waals surface area contributed by atoms with E-state index in [0.29, 0.717) is 0 Å². The van der Waals surface area contributed by atoms with Crippen molar-refractivity contribution < 1.29 is 0 Å². The Balaban J connectivity index is 1.88. The van der Waals surface area contributed by atoms with E-state index in [0.717, 1.165) is 33.5 Å². The van der Waals surface area contributed by atoms with Gasteiger partial charge in [0.05, 0.1) is 27.5 Å². The van der Waals surface area contributed by atoms with Crippen LogP contribution >= 0.6 is 11.3 Å². The third-order valence-corrected chi connectivity index (χ3v) is 4.43. The molecule has 0 aliphatic heterocycles. The molecule has 0 atom stereocenters. The van der Waals surface area contributed by atoms with Crippen LogP contribution in [0.3, 0.4) is 0 Å². The van der Waals surface area contributed by atoms with E-state index in [9.17, 15) is 0 Å². The van der Waals surface area contributed by atoms with Crippen LogP contribution in [0.25, 0.3) is 32.7 Å². The fourth-order valence-corrected chi connectivity index (χ4v) is 3.16. The smallest absolute Gasteiger partial charge is 0.0809 e. The summed E-state index contributed by atoms with van der Waals surface area (Å²) < 4.78 is 0. The number of H-pyrrole nitrogens is 1. The number of thiophene rings is 1. The quantitative estimate of drug-likeness (QED) is 0.569. The Kier molecular flexibility index (Phi) is 2.75. The van der Waals surface area contributed by atoms with Gasteiger partial charge in [-0.2, -0.15) is 0 Å². The zero-order chi connectivity index (χ0) is 14.2. The number of nitrogen functional groups attached to an aromatic ring is 1. The maximum absolute atomic E-state index is 5.97. The zero-order valence-electron chi connectivity index (χ0n) is 11.2. The fourth-order valence-electron chi connectivity index (χ4n) is 2.47. The second kappa shape index (κ2) is 4.75. The molecule has 1 aromatic carbocycles. The second-order valence-electron chi connectivity index (χ2n) is 4.89. The van der Waals surface area contributed by atoms with Crippen molar-refractivity contribution in [2.45, 2.75) is 0 Å². The normalized spacial score (nSPS) is 11.0. The van der Waals surface area contributed by atoms with Crippen LogP contribution in [0.15, 0.2) is 60.1 Å². The van der Waals surface area contributed by atoms with Gasteiger partial charge < -0.3 is 10.7 Å². The topological polar surface area (TPSA) is 54.7 Å². The Hall–Kier alpha value is -2.59. The first-order valence-electron chi connectivity index (χ1n) is 6.69. The Morgan fingerprint density at radius 3 is 2.71 bits per heavy atom. The maximum atomic E-state index is 5.97. The number of nitrogens with two attached hydrogens (primary N) is 1. The van der Waals surface area contributed by atoms with E-state index in [2.05, 4.69) is 46.8 Å². The van der Waals surface area contributed by atoms with Gasteiger partial charge in [-0.1, -0.05) is 24.3 Å². The number of rotatable bonds is 2. The number of nitrogens with zero attached hydrogens (tertiary/aromatic N) is 1. The summed E-state index contributed by atoms with van der Waals surface area (Å²) in [7, 11) is 0. The van der Waals surface area contributed by atoms with E-state index >= 15 is 0 Å². The lowest BCUT2D eigenvalue weighted by atomic mass is 10.1. The molecule has 3 aromatic heterocycles. The second-order valence-corrected chi connectivity index (χ2v) is 5.84. The van der Waals surface area contributed by atoms with E-state index in [4.69, 9.17) is 10.7 Å². The molecule has 0 aliphatic rings. The van der Waals surface area contributed by atoms with Gasteiger partial charge in [-0.15, -0.1) is 11.3 Å². The molecule has 3 N–H and O–H groups in total. The number of nitrogens with one attached hydrogen (secondary N) is 1. The number of aromatic nitrogens is 2. The van der Waals surface area contributed by atoms with Crippen molar-refractivity contribution in [3.63, 3.8) is 0 Å². The highest BCUT2D eigenvalue weighted by Crippen LogP contribution is 2.29. The van der Waals surface area contributed by atoms with Gasteiger partial charge in [-0.05, 0) is 29.6 Å². The van der Waals surface area contributed by atoms with Gasteiger partial charge in [-0.25, -0.2) is 4.98 Å². The molecule has 0 saturated heterocycles. The lowest BCUT2D eigenvalue weighted by Crippen LogP contribution is -1.88. The van der Waals surface area contributed by atoms with Crippen molar-refractivity contribution in [2.24, 2.45) is 0 Å². The minimum absolute atomic E-state index is 0.753. The monoisotopic (exact) mass is 291 g/mol. The zero-order valence-corrected chi connectivity index (χ0v) is 12.0. The number of anilines is 1. The Labute approximate surface area is 126 Å². The van der Waals surface area contributed by atoms with E-state index in [-0.39, 0.29) is 0 Å². The van der Waals surface area contributed by atoms with Crippen LogP contribution in [0.4, 0.5) is 5.69 Å². The van der Waals surface area contributed by atoms with Crippen LogP contribution in [0.2, 0.25) is 0 Å². The molecule has 0 unspecified atom stereocenters. The van der Waals surface area contributed by atoms with Gasteiger partial charge in [0.15, 0.2) is 0 Å². The predicted molar refractivity (Wildman–Crippen MR) is 89.3 cm³/mol. The molecule has 4 rings (SSSR count). The number of hydrogen-bond acceptors (Lipinski definition) is 3. The van der Waals surface area contributed by atoms with Gasteiger partial charge in [0, 0.05) is 17.1 Å². The number of hydrogen-bond donors (Lipinski definition) is 2. The molecule has 0 spiro atoms. The highest BCUT2D eigenvalue weighted by molar-refractivity contribution is 7.13. The van der Waals surface area contributed by atoms with Gasteiger partial charge in [0.2, 0.25) is 0 Å². The first-order chi connectivity index (χ1) is 10.3. The lowest BCUT2D eigenvalue weighted by Gasteiger charge is -2.05. The van der Waals surface area contributed by atoms with Crippen molar-refractivity contribution in [1.82, 2.24) is 9.97 Å². The Morgan fingerprint density at radius 2 is 1.95 bits per heavy atom. The molecular formula is C17H13N3S. The molecule has 21 heavy (non-hydrogen) atoms. The predicted octanol–water partition coefficient (Wildman–Crippen LogP) is 4.54. The molecule has 0 saturated carbocycles. The number of pyridine rings is 1. The molecule has 3 heterocycles. The summed E-state index contributed by atoms with van der Waals surface area (Å²) in [6.45, 7) is 0. The van der Waals surface area contributed by atoms with Crippen LogP contribution in [0, 0.1) is 0 Å². The molecule has 0 aliphatic carbocycles. The van der Waals surface area contributed by atoms with Crippen molar-refractivity contribution in [3.05, 3.63) is 60.1 Å². The number of benzene rings is 1. The van der Waals surface area contributed by atoms with Crippen molar-refractivity contribution in [2.75, 3.05) is 5.73 Å². The first-order valence-corrected chi connectivity index (χ1v) is 7.57. The molecule has 3 nitrogen and oxygen atoms in total. The van der Waals surface area contributed by atoms with Gasteiger partial charge in [-0.3, -0.25) is 0 Å². The molecular weight excluding hydrogens is 278 g/mol. The van der Waals surface area contributed by atoms with Crippen LogP contribution in [0.5, 0.6) is 0 Å². The van der Waals surface area contributed by atoms with Crippen molar-refractivity contribution in [3.8, 4) is 21.8 Å². The Morgan fingerprint density at radius 1 is 1.05 bits per heavy atom. The van der Waals surface area contributed by atoms with E-state index in [1.807, 2.05) is 18.3 Å². The lowest BCUT2D eigenvalue weighted by molar-refractivity contribution is 1.39. The minimum Gasteiger partial charge on any atom is -0.397 e. The van der Waals surface area contributed by atoms with Crippen LogP contribution in [-0.4, -0.2) is 9.97 Å². The summed E-state index contributed by atoms with van der Waals surface area (Å²) in [5.41, 5.74) is 10.7. The minimum atomic E-state index is 0.753. The standard InChI is InChI=1S/C17H13N3S/c18-13-7-8-19-17(13)12-4-3-11-5-6-14(20-15(11)10-12)16-2-1-9-21-16/h1-10,19H,18H2. The summed E-state index contributed by atoms with van der Waals surface area (Å²) >= 11 is 1.70. The van der Waals surface area contributed by atoms with Gasteiger partial charge in [0.1, 0.15) is 0 Å². The summed E-state index contributed by atoms with van der Waals surface area (Å²) in [4.78, 5) is 9.13. The van der Waals surface area contributed by atoms with Gasteiger partial charge >= 0.3 is 0 Å². The summed E-state index contributed by atoms with van der Waals surface area (Å²) in [5, 5.41) is 3.20. The molecule has 102 valence electrons. The highest BCUT2D eigenvalue weighted by Gasteiger charge is 2.07. The largest absolute Gasteiger partial charge is 0.397 e. The highest BCUT2D eigenvalue weighted by atomic mass is 32.1. The van der Waals surface area contributed by atoms with E-state index in [1.165, 1.54) is 4.88 Å². The maximum Gasteiger partial charge on any atom is 0.0809 e. The number of aromatic amines is 1. The van der Waals surface area contributed by atoms with Gasteiger partial charge in [0.25, 0.3) is 0 Å². The first kappa shape index (κ1) is 12.2. The van der Waals surface area contributed by atoms with Crippen molar-refractivity contribution in [1.29, 1.82) is 0 Å². The Bertz CT molecular complexity index is 907. The molecule has 0 radical (unpaired) electrons. The van der Waals surface area contributed by atoms with Crippen LogP contribution in [0.1, 0.15) is 0 Å². The average Bonchev–Trinajstić information content (AvgIpc) is 3.17. The fraction of sp³-hybridized carbons (Fsp3) is 0. The third-order valence-electron chi connectivity index (χ3n) is 3.53. The SMILES string of the molecule is Nc1cc[nH]c1-c1ccc2ccc(-c3cccs3)nc2c1. The summed E-state index contributed by atoms with van der Waals surface area (Å²) in [6.07, 6.45) is 1.85. The molecule has 0 bridgehead atoms. The van der Waals surface area contributed by atoms with Crippen molar-refractivity contribution >= 4 is 27.9 Å². The third kappa shape index (κ3) is 2.10. The van der Waals surface area contributed by atoms with Crippen LogP contribution < -0.4 is 5.73 Å². The van der Waals surface area contributed by atoms with E-state index < -0.39 is 0 Å². The molecule has 4 aromatic rings. The molecule has 0 amide bonds. The summed E-state index contributed by atoms with van der Waals surface area (Å²) in [6, 6.07) is 16.4. The summed E-state index contributed by atoms with van der Waals surface area (Å²) in [5.74, 6) is 0. The average molecular weight is 291 g/mol. The molecule has 0 fully saturated rings. The molecule has 4 heteroatoms. The van der Waals surface area contributed by atoms with Crippen LogP contribution in [-0.2, 0) is 0 Å². The van der Waals surface area contributed by atoms with E-state index in [1.54, 1.807) is 11.3 Å².